The minimum atomic E-state index is -0.725. The Morgan fingerprint density at radius 1 is 1.08 bits per heavy atom. The highest BCUT2D eigenvalue weighted by Crippen LogP contribution is 2.13. The number of carbonyl (C=O) groups excluding carboxylic acids is 2. The second kappa shape index (κ2) is 9.22. The Morgan fingerprint density at radius 2 is 1.80 bits per heavy atom. The van der Waals surface area contributed by atoms with Crippen molar-refractivity contribution in [1.82, 2.24) is 10.9 Å². The lowest BCUT2D eigenvalue weighted by Crippen LogP contribution is -2.41. The van der Waals surface area contributed by atoms with Crippen LogP contribution in [0.5, 0.6) is 5.75 Å². The van der Waals surface area contributed by atoms with Gasteiger partial charge >= 0.3 is 0 Å². The van der Waals surface area contributed by atoms with Gasteiger partial charge in [-0.05, 0) is 42.3 Å². The molecule has 0 unspecified atom stereocenters. The van der Waals surface area contributed by atoms with Gasteiger partial charge in [0.25, 0.3) is 11.8 Å². The molecule has 2 rings (SSSR count). The van der Waals surface area contributed by atoms with Crippen LogP contribution < -0.4 is 15.6 Å². The number of halogens is 1. The molecule has 5 nitrogen and oxygen atoms in total. The molecule has 0 aromatic heterocycles. The highest BCUT2D eigenvalue weighted by Gasteiger charge is 2.10. The maximum absolute atomic E-state index is 13.4. The van der Waals surface area contributed by atoms with Gasteiger partial charge in [-0.25, -0.2) is 4.39 Å². The van der Waals surface area contributed by atoms with Crippen LogP contribution in [-0.2, 0) is 4.79 Å². The summed E-state index contributed by atoms with van der Waals surface area (Å²) >= 11 is 0. The Morgan fingerprint density at radius 3 is 2.48 bits per heavy atom. The van der Waals surface area contributed by atoms with E-state index in [1.54, 1.807) is 6.08 Å². The monoisotopic (exact) mass is 342 g/mol. The molecule has 25 heavy (non-hydrogen) atoms. The van der Waals surface area contributed by atoms with Crippen molar-refractivity contribution >= 4 is 17.9 Å². The molecule has 0 fully saturated rings. The number of hydrazine groups is 1. The van der Waals surface area contributed by atoms with Crippen LogP contribution >= 0.6 is 0 Å². The molecular formula is C19H19FN2O3. The third-order valence-electron chi connectivity index (χ3n) is 3.20. The van der Waals surface area contributed by atoms with Crippen LogP contribution in [0.15, 0.2) is 54.6 Å². The summed E-state index contributed by atoms with van der Waals surface area (Å²) in [5, 5.41) is 0. The first-order chi connectivity index (χ1) is 12.1. The summed E-state index contributed by atoms with van der Waals surface area (Å²) in [6.45, 7) is 2.68. The van der Waals surface area contributed by atoms with Crippen LogP contribution in [0.2, 0.25) is 0 Å². The first-order valence-electron chi connectivity index (χ1n) is 7.86. The fourth-order valence-electron chi connectivity index (χ4n) is 1.94. The van der Waals surface area contributed by atoms with Crippen LogP contribution in [-0.4, -0.2) is 18.4 Å². The quantitative estimate of drug-likeness (QED) is 0.626. The molecule has 2 N–H and O–H groups in total. The molecular weight excluding hydrogens is 323 g/mol. The van der Waals surface area contributed by atoms with Crippen LogP contribution in [0.25, 0.3) is 6.08 Å². The topological polar surface area (TPSA) is 67.4 Å². The van der Waals surface area contributed by atoms with E-state index in [4.69, 9.17) is 4.74 Å². The number of benzene rings is 2. The first-order valence-corrected chi connectivity index (χ1v) is 7.86. The average Bonchev–Trinajstić information content (AvgIpc) is 2.64. The lowest BCUT2D eigenvalue weighted by molar-refractivity contribution is -0.117. The fourth-order valence-corrected chi connectivity index (χ4v) is 1.94. The Balaban J connectivity index is 1.84. The van der Waals surface area contributed by atoms with Crippen molar-refractivity contribution in [2.75, 3.05) is 6.61 Å². The van der Waals surface area contributed by atoms with E-state index < -0.39 is 17.6 Å². The maximum atomic E-state index is 13.4. The van der Waals surface area contributed by atoms with Gasteiger partial charge in [-0.15, -0.1) is 0 Å². The van der Waals surface area contributed by atoms with Gasteiger partial charge in [0.15, 0.2) is 0 Å². The van der Waals surface area contributed by atoms with Crippen molar-refractivity contribution in [3.05, 3.63) is 71.6 Å². The predicted molar refractivity (Wildman–Crippen MR) is 93.3 cm³/mol. The maximum Gasteiger partial charge on any atom is 0.272 e. The van der Waals surface area contributed by atoms with E-state index in [0.29, 0.717) is 6.61 Å². The molecule has 0 spiro atoms. The average molecular weight is 342 g/mol. The zero-order chi connectivity index (χ0) is 18.1. The summed E-state index contributed by atoms with van der Waals surface area (Å²) in [5.41, 5.74) is 5.02. The molecule has 0 aliphatic carbocycles. The molecule has 0 aliphatic rings. The van der Waals surface area contributed by atoms with E-state index in [1.165, 1.54) is 30.3 Å². The van der Waals surface area contributed by atoms with Gasteiger partial charge < -0.3 is 4.74 Å². The number of hydrogen-bond donors (Lipinski definition) is 2. The molecule has 0 atom stereocenters. The SMILES string of the molecule is CCCOc1ccc(/C=C/C(=O)NNC(=O)c2ccccc2F)cc1. The normalized spacial score (nSPS) is 10.5. The van der Waals surface area contributed by atoms with Crippen molar-refractivity contribution in [2.24, 2.45) is 0 Å². The van der Waals surface area contributed by atoms with Crippen molar-refractivity contribution in [3.63, 3.8) is 0 Å². The third-order valence-corrected chi connectivity index (χ3v) is 3.20. The molecule has 0 saturated carbocycles. The van der Waals surface area contributed by atoms with E-state index in [1.807, 2.05) is 31.2 Å². The molecule has 2 amide bonds. The van der Waals surface area contributed by atoms with Gasteiger partial charge in [-0.3, -0.25) is 20.4 Å². The van der Waals surface area contributed by atoms with Crippen LogP contribution in [0.4, 0.5) is 4.39 Å². The number of rotatable bonds is 6. The standard InChI is InChI=1S/C19H19FN2O3/c1-2-13-25-15-10-7-14(8-11-15)9-12-18(23)21-22-19(24)16-5-3-4-6-17(16)20/h3-12H,2,13H2,1H3,(H,21,23)(H,22,24)/b12-9+. The summed E-state index contributed by atoms with van der Waals surface area (Å²) < 4.78 is 18.9. The summed E-state index contributed by atoms with van der Waals surface area (Å²) in [7, 11) is 0. The predicted octanol–water partition coefficient (Wildman–Crippen LogP) is 3.09. The van der Waals surface area contributed by atoms with Gasteiger partial charge in [-0.2, -0.15) is 0 Å². The molecule has 0 bridgehead atoms. The van der Waals surface area contributed by atoms with Gasteiger partial charge in [0.05, 0.1) is 12.2 Å². The number of nitrogens with one attached hydrogen (secondary N) is 2. The lowest BCUT2D eigenvalue weighted by atomic mass is 10.2. The van der Waals surface area contributed by atoms with Crippen molar-refractivity contribution in [1.29, 1.82) is 0 Å². The number of ether oxygens (including phenoxy) is 1. The summed E-state index contributed by atoms with van der Waals surface area (Å²) in [6.07, 6.45) is 3.79. The molecule has 0 saturated heterocycles. The largest absolute Gasteiger partial charge is 0.494 e. The first kappa shape index (κ1) is 18.2. The molecule has 6 heteroatoms. The minimum absolute atomic E-state index is 0.144. The van der Waals surface area contributed by atoms with Gasteiger partial charge in [0.2, 0.25) is 0 Å². The second-order valence-electron chi connectivity index (χ2n) is 5.17. The van der Waals surface area contributed by atoms with E-state index >= 15 is 0 Å². The molecule has 0 heterocycles. The fraction of sp³-hybridized carbons (Fsp3) is 0.158. The van der Waals surface area contributed by atoms with E-state index in [2.05, 4.69) is 10.9 Å². The van der Waals surface area contributed by atoms with Gasteiger partial charge in [0.1, 0.15) is 11.6 Å². The Hall–Kier alpha value is -3.15. The van der Waals surface area contributed by atoms with E-state index in [9.17, 15) is 14.0 Å². The third kappa shape index (κ3) is 5.76. The van der Waals surface area contributed by atoms with Gasteiger partial charge in [-0.1, -0.05) is 31.2 Å². The van der Waals surface area contributed by atoms with Crippen LogP contribution in [0.3, 0.4) is 0 Å². The molecule has 130 valence electrons. The van der Waals surface area contributed by atoms with E-state index in [-0.39, 0.29) is 5.56 Å². The Bertz CT molecular complexity index is 758. The molecule has 0 aliphatic heterocycles. The zero-order valence-electron chi connectivity index (χ0n) is 13.8. The van der Waals surface area contributed by atoms with Crippen molar-refractivity contribution in [2.45, 2.75) is 13.3 Å². The number of carbonyl (C=O) groups is 2. The van der Waals surface area contributed by atoms with Crippen molar-refractivity contribution < 1.29 is 18.7 Å². The Kier molecular flexibility index (Phi) is 6.71. The number of hydrogen-bond acceptors (Lipinski definition) is 3. The highest BCUT2D eigenvalue weighted by molar-refractivity contribution is 5.98. The zero-order valence-corrected chi connectivity index (χ0v) is 13.8. The lowest BCUT2D eigenvalue weighted by Gasteiger charge is -2.06. The smallest absolute Gasteiger partial charge is 0.272 e. The molecule has 2 aromatic rings. The highest BCUT2D eigenvalue weighted by atomic mass is 19.1. The summed E-state index contributed by atoms with van der Waals surface area (Å²) in [5.74, 6) is -1.15. The Labute approximate surface area is 145 Å². The molecule has 0 radical (unpaired) electrons. The van der Waals surface area contributed by atoms with E-state index in [0.717, 1.165) is 17.7 Å². The minimum Gasteiger partial charge on any atom is -0.494 e. The van der Waals surface area contributed by atoms with Crippen molar-refractivity contribution in [3.8, 4) is 5.75 Å². The van der Waals surface area contributed by atoms with Gasteiger partial charge in [0, 0.05) is 6.08 Å². The number of amides is 2. The van der Waals surface area contributed by atoms with Crippen LogP contribution in [0, 0.1) is 5.82 Å². The summed E-state index contributed by atoms with van der Waals surface area (Å²) in [6, 6.07) is 12.8. The second-order valence-corrected chi connectivity index (χ2v) is 5.17. The summed E-state index contributed by atoms with van der Waals surface area (Å²) in [4.78, 5) is 23.5. The molecule has 2 aromatic carbocycles. The van der Waals surface area contributed by atoms with Crippen LogP contribution in [0.1, 0.15) is 29.3 Å².